The van der Waals surface area contributed by atoms with Crippen molar-refractivity contribution < 1.29 is 9.53 Å². The monoisotopic (exact) mass is 224 g/mol. The number of aliphatic imine (C=N–C) groups is 1. The van der Waals surface area contributed by atoms with Crippen LogP contribution in [0.25, 0.3) is 0 Å². The smallest absolute Gasteiger partial charge is 0.217 e. The molecule has 90 valence electrons. The molecule has 0 radical (unpaired) electrons. The number of amides is 1. The summed E-state index contributed by atoms with van der Waals surface area (Å²) in [5.41, 5.74) is 4.51. The van der Waals surface area contributed by atoms with E-state index in [-0.39, 0.29) is 17.0 Å². The van der Waals surface area contributed by atoms with Crippen LogP contribution in [0.4, 0.5) is 0 Å². The molecule has 4 nitrogen and oxygen atoms in total. The highest BCUT2D eigenvalue weighted by Crippen LogP contribution is 2.23. The van der Waals surface area contributed by atoms with Gasteiger partial charge in [0.15, 0.2) is 0 Å². The van der Waals surface area contributed by atoms with Crippen molar-refractivity contribution in [3.8, 4) is 0 Å². The van der Waals surface area contributed by atoms with Gasteiger partial charge in [-0.25, -0.2) is 4.99 Å². The van der Waals surface area contributed by atoms with Gasteiger partial charge in [0.1, 0.15) is 5.60 Å². The predicted octanol–water partition coefficient (Wildman–Crippen LogP) is 1.79. The SMILES string of the molecule is CC(C)(CCC(N)=O)N=C1C=CC(C)(C)O1. The molecule has 16 heavy (non-hydrogen) atoms. The van der Waals surface area contributed by atoms with Gasteiger partial charge in [-0.15, -0.1) is 0 Å². The minimum Gasteiger partial charge on any atom is -0.468 e. The molecule has 0 bridgehead atoms. The Morgan fingerprint density at radius 1 is 1.56 bits per heavy atom. The molecule has 0 aromatic rings. The first-order chi connectivity index (χ1) is 7.20. The van der Waals surface area contributed by atoms with E-state index >= 15 is 0 Å². The lowest BCUT2D eigenvalue weighted by Gasteiger charge is -2.21. The Bertz CT molecular complexity index is 341. The van der Waals surface area contributed by atoms with Crippen molar-refractivity contribution in [3.63, 3.8) is 0 Å². The van der Waals surface area contributed by atoms with E-state index < -0.39 is 0 Å². The van der Waals surface area contributed by atoms with E-state index in [9.17, 15) is 4.79 Å². The van der Waals surface area contributed by atoms with Crippen LogP contribution < -0.4 is 5.73 Å². The summed E-state index contributed by atoms with van der Waals surface area (Å²) in [5.74, 6) is 0.330. The lowest BCUT2D eigenvalue weighted by Crippen LogP contribution is -2.24. The van der Waals surface area contributed by atoms with Gasteiger partial charge in [-0.05, 0) is 46.3 Å². The van der Waals surface area contributed by atoms with E-state index in [1.165, 1.54) is 0 Å². The highest BCUT2D eigenvalue weighted by Gasteiger charge is 2.26. The second-order valence-electron chi connectivity index (χ2n) is 5.27. The molecule has 2 N–H and O–H groups in total. The lowest BCUT2D eigenvalue weighted by atomic mass is 9.99. The summed E-state index contributed by atoms with van der Waals surface area (Å²) in [7, 11) is 0. The normalized spacial score (nSPS) is 21.1. The molecule has 0 saturated heterocycles. The molecule has 1 heterocycles. The van der Waals surface area contributed by atoms with E-state index in [1.807, 2.05) is 39.8 Å². The van der Waals surface area contributed by atoms with Crippen LogP contribution in [0, 0.1) is 0 Å². The fraction of sp³-hybridized carbons (Fsp3) is 0.667. The first-order valence-electron chi connectivity index (χ1n) is 5.47. The van der Waals surface area contributed by atoms with E-state index in [0.29, 0.717) is 18.7 Å². The Morgan fingerprint density at radius 2 is 2.19 bits per heavy atom. The average molecular weight is 224 g/mol. The van der Waals surface area contributed by atoms with E-state index in [2.05, 4.69) is 4.99 Å². The molecule has 4 heteroatoms. The topological polar surface area (TPSA) is 64.7 Å². The van der Waals surface area contributed by atoms with Crippen molar-refractivity contribution in [2.45, 2.75) is 51.7 Å². The van der Waals surface area contributed by atoms with Crippen LogP contribution in [0.5, 0.6) is 0 Å². The predicted molar refractivity (Wildman–Crippen MR) is 64.2 cm³/mol. The van der Waals surface area contributed by atoms with Gasteiger partial charge < -0.3 is 10.5 Å². The first kappa shape index (κ1) is 12.7. The Kier molecular flexibility index (Phi) is 3.41. The summed E-state index contributed by atoms with van der Waals surface area (Å²) in [5, 5.41) is 0. The fourth-order valence-electron chi connectivity index (χ4n) is 1.45. The van der Waals surface area contributed by atoms with Gasteiger partial charge in [-0.1, -0.05) is 0 Å². The van der Waals surface area contributed by atoms with E-state index in [0.717, 1.165) is 0 Å². The average Bonchev–Trinajstić information content (AvgIpc) is 2.41. The van der Waals surface area contributed by atoms with Crippen LogP contribution in [0.2, 0.25) is 0 Å². The fourth-order valence-corrected chi connectivity index (χ4v) is 1.45. The van der Waals surface area contributed by atoms with Gasteiger partial charge in [0.25, 0.3) is 0 Å². The van der Waals surface area contributed by atoms with Crippen molar-refractivity contribution in [1.82, 2.24) is 0 Å². The number of nitrogens with zero attached hydrogens (tertiary/aromatic N) is 1. The maximum absolute atomic E-state index is 10.7. The van der Waals surface area contributed by atoms with Gasteiger partial charge in [0, 0.05) is 6.42 Å². The molecule has 0 aromatic carbocycles. The summed E-state index contributed by atoms with van der Waals surface area (Å²) in [6, 6.07) is 0. The molecule has 0 atom stereocenters. The maximum Gasteiger partial charge on any atom is 0.217 e. The second kappa shape index (κ2) is 4.28. The van der Waals surface area contributed by atoms with Crippen molar-refractivity contribution in [1.29, 1.82) is 0 Å². The number of nitrogens with two attached hydrogens (primary N) is 1. The number of carbonyl (C=O) groups excluding carboxylic acids is 1. The molecule has 0 unspecified atom stereocenters. The van der Waals surface area contributed by atoms with Gasteiger partial charge in [-0.2, -0.15) is 0 Å². The summed E-state index contributed by atoms with van der Waals surface area (Å²) < 4.78 is 5.61. The zero-order valence-electron chi connectivity index (χ0n) is 10.4. The van der Waals surface area contributed by atoms with E-state index in [4.69, 9.17) is 10.5 Å². The summed E-state index contributed by atoms with van der Waals surface area (Å²) in [6.07, 6.45) is 4.81. The van der Waals surface area contributed by atoms with E-state index in [1.54, 1.807) is 0 Å². The molecule has 0 spiro atoms. The number of ether oxygens (including phenoxy) is 1. The lowest BCUT2D eigenvalue weighted by molar-refractivity contribution is -0.118. The van der Waals surface area contributed by atoms with Crippen LogP contribution in [-0.2, 0) is 9.53 Å². The Morgan fingerprint density at radius 3 is 2.62 bits per heavy atom. The van der Waals surface area contributed by atoms with Crippen molar-refractivity contribution in [3.05, 3.63) is 12.2 Å². The molecular formula is C12H20N2O2. The van der Waals surface area contributed by atoms with Crippen molar-refractivity contribution in [2.24, 2.45) is 10.7 Å². The minimum atomic E-state index is -0.324. The molecule has 1 aliphatic rings. The minimum absolute atomic E-state index is 0.279. The quantitative estimate of drug-likeness (QED) is 0.791. The third kappa shape index (κ3) is 4.04. The molecule has 0 aromatic heterocycles. The van der Waals surface area contributed by atoms with Crippen LogP contribution in [0.3, 0.4) is 0 Å². The molecular weight excluding hydrogens is 204 g/mol. The Labute approximate surface area is 96.6 Å². The van der Waals surface area contributed by atoms with Gasteiger partial charge in [-0.3, -0.25) is 4.79 Å². The molecule has 0 saturated carbocycles. The van der Waals surface area contributed by atoms with Crippen LogP contribution in [0.15, 0.2) is 17.1 Å². The Balaban J connectivity index is 2.62. The van der Waals surface area contributed by atoms with Crippen LogP contribution in [0.1, 0.15) is 40.5 Å². The third-order valence-corrected chi connectivity index (χ3v) is 2.39. The van der Waals surface area contributed by atoms with Crippen LogP contribution >= 0.6 is 0 Å². The number of primary amides is 1. The van der Waals surface area contributed by atoms with Gasteiger partial charge in [0.2, 0.25) is 11.8 Å². The zero-order chi connectivity index (χ0) is 12.4. The number of hydrogen-bond acceptors (Lipinski definition) is 3. The third-order valence-electron chi connectivity index (χ3n) is 2.39. The van der Waals surface area contributed by atoms with Gasteiger partial charge >= 0.3 is 0 Å². The molecule has 0 aliphatic carbocycles. The highest BCUT2D eigenvalue weighted by molar-refractivity contribution is 5.90. The molecule has 0 fully saturated rings. The highest BCUT2D eigenvalue weighted by atomic mass is 16.5. The summed E-state index contributed by atoms with van der Waals surface area (Å²) >= 11 is 0. The number of rotatable bonds is 4. The molecule has 1 amide bonds. The zero-order valence-corrected chi connectivity index (χ0v) is 10.4. The van der Waals surface area contributed by atoms with Crippen molar-refractivity contribution in [2.75, 3.05) is 0 Å². The van der Waals surface area contributed by atoms with Crippen molar-refractivity contribution >= 4 is 11.8 Å². The number of carbonyl (C=O) groups is 1. The second-order valence-corrected chi connectivity index (χ2v) is 5.27. The summed E-state index contributed by atoms with van der Waals surface area (Å²) in [4.78, 5) is 15.2. The molecule has 1 aliphatic heterocycles. The molecule has 1 rings (SSSR count). The van der Waals surface area contributed by atoms with Crippen LogP contribution in [-0.4, -0.2) is 22.9 Å². The standard InChI is InChI=1S/C12H20N2O2/c1-11(2,7-5-9(13)15)14-10-6-8-12(3,4)16-10/h6,8H,5,7H2,1-4H3,(H2,13,15). The maximum atomic E-state index is 10.7. The largest absolute Gasteiger partial charge is 0.468 e. The van der Waals surface area contributed by atoms with Gasteiger partial charge in [0.05, 0.1) is 5.54 Å². The number of hydrogen-bond donors (Lipinski definition) is 1. The Hall–Kier alpha value is -1.32. The first-order valence-corrected chi connectivity index (χ1v) is 5.47. The summed E-state index contributed by atoms with van der Waals surface area (Å²) in [6.45, 7) is 7.88.